The van der Waals surface area contributed by atoms with Crippen LogP contribution >= 0.6 is 11.8 Å². The summed E-state index contributed by atoms with van der Waals surface area (Å²) in [6.07, 6.45) is 2.00. The fraction of sp³-hybridized carbons (Fsp3) is 0.600. The van der Waals surface area contributed by atoms with Crippen LogP contribution in [0, 0.1) is 5.92 Å². The Labute approximate surface area is 177 Å². The Kier molecular flexibility index (Phi) is 6.90. The van der Waals surface area contributed by atoms with Crippen LogP contribution in [-0.2, 0) is 19.6 Å². The molecule has 7 nitrogen and oxygen atoms in total. The van der Waals surface area contributed by atoms with E-state index in [4.69, 9.17) is 0 Å². The molecule has 0 atom stereocenters. The van der Waals surface area contributed by atoms with Crippen molar-refractivity contribution in [1.29, 1.82) is 0 Å². The van der Waals surface area contributed by atoms with Crippen molar-refractivity contribution < 1.29 is 18.0 Å². The van der Waals surface area contributed by atoms with Gasteiger partial charge in [0, 0.05) is 36.2 Å². The molecule has 1 saturated heterocycles. The van der Waals surface area contributed by atoms with Crippen molar-refractivity contribution in [2.75, 3.05) is 30.3 Å². The zero-order valence-corrected chi connectivity index (χ0v) is 18.8. The van der Waals surface area contributed by atoms with Crippen LogP contribution in [0.1, 0.15) is 40.0 Å². The number of benzene rings is 1. The SMILES string of the molecule is CC1CCN(S(=O)(=O)c2ccc3c(c2)N(CC(=O)NC(C)C)C(=O)CCS3)CC1. The van der Waals surface area contributed by atoms with Gasteiger partial charge in [-0.25, -0.2) is 8.42 Å². The highest BCUT2D eigenvalue weighted by Crippen LogP contribution is 2.37. The molecule has 1 aromatic carbocycles. The molecule has 0 aliphatic carbocycles. The van der Waals surface area contributed by atoms with Crippen LogP contribution in [0.4, 0.5) is 5.69 Å². The molecule has 0 bridgehead atoms. The summed E-state index contributed by atoms with van der Waals surface area (Å²) in [6.45, 7) is 6.75. The fourth-order valence-corrected chi connectivity index (χ4v) is 6.04. The van der Waals surface area contributed by atoms with E-state index in [0.29, 0.717) is 36.9 Å². The lowest BCUT2D eigenvalue weighted by molar-refractivity contribution is -0.124. The minimum absolute atomic E-state index is 0.0355. The highest BCUT2D eigenvalue weighted by Gasteiger charge is 2.31. The molecule has 160 valence electrons. The van der Waals surface area contributed by atoms with E-state index in [-0.39, 0.29) is 29.3 Å². The smallest absolute Gasteiger partial charge is 0.243 e. The minimum Gasteiger partial charge on any atom is -0.352 e. The maximum Gasteiger partial charge on any atom is 0.243 e. The number of thioether (sulfide) groups is 1. The quantitative estimate of drug-likeness (QED) is 0.762. The number of carbonyl (C=O) groups is 2. The van der Waals surface area contributed by atoms with Crippen molar-refractivity contribution in [2.45, 2.75) is 55.9 Å². The molecule has 9 heteroatoms. The molecule has 0 unspecified atom stereocenters. The zero-order chi connectivity index (χ0) is 21.2. The topological polar surface area (TPSA) is 86.8 Å². The van der Waals surface area contributed by atoms with Gasteiger partial charge in [0.2, 0.25) is 21.8 Å². The lowest BCUT2D eigenvalue weighted by atomic mass is 10.0. The van der Waals surface area contributed by atoms with E-state index >= 15 is 0 Å². The number of rotatable bonds is 5. The average molecular weight is 440 g/mol. The molecule has 1 fully saturated rings. The first kappa shape index (κ1) is 22.1. The largest absolute Gasteiger partial charge is 0.352 e. The summed E-state index contributed by atoms with van der Waals surface area (Å²) < 4.78 is 27.8. The van der Waals surface area contributed by atoms with Gasteiger partial charge in [-0.15, -0.1) is 11.8 Å². The molecule has 0 radical (unpaired) electrons. The van der Waals surface area contributed by atoms with Crippen molar-refractivity contribution in [3.05, 3.63) is 18.2 Å². The Hall–Kier alpha value is -1.58. The Morgan fingerprint density at radius 1 is 1.28 bits per heavy atom. The second kappa shape index (κ2) is 9.06. The number of fused-ring (bicyclic) bond motifs is 1. The molecule has 29 heavy (non-hydrogen) atoms. The fourth-order valence-electron chi connectivity index (χ4n) is 3.57. The van der Waals surface area contributed by atoms with Crippen LogP contribution in [0.5, 0.6) is 0 Å². The van der Waals surface area contributed by atoms with Gasteiger partial charge in [0.1, 0.15) is 6.54 Å². The van der Waals surface area contributed by atoms with E-state index in [1.54, 1.807) is 18.2 Å². The molecule has 3 rings (SSSR count). The van der Waals surface area contributed by atoms with E-state index in [2.05, 4.69) is 12.2 Å². The Bertz CT molecular complexity index is 878. The normalized spacial score (nSPS) is 19.2. The van der Waals surface area contributed by atoms with Crippen LogP contribution < -0.4 is 10.2 Å². The lowest BCUT2D eigenvalue weighted by Crippen LogP contribution is -2.43. The standard InChI is InChI=1S/C20H29N3O4S2/c1-14(2)21-19(24)13-23-17-12-16(4-5-18(17)28-11-8-20(23)25)29(26,27)22-9-6-15(3)7-10-22/h4-5,12,14-15H,6-11,13H2,1-3H3,(H,21,24). The van der Waals surface area contributed by atoms with Gasteiger partial charge in [0.25, 0.3) is 0 Å². The van der Waals surface area contributed by atoms with Crippen LogP contribution in [0.3, 0.4) is 0 Å². The number of anilines is 1. The zero-order valence-electron chi connectivity index (χ0n) is 17.2. The van der Waals surface area contributed by atoms with E-state index in [9.17, 15) is 18.0 Å². The number of sulfonamides is 1. The van der Waals surface area contributed by atoms with Crippen molar-refractivity contribution in [3.63, 3.8) is 0 Å². The second-order valence-corrected chi connectivity index (χ2v) is 11.1. The first-order chi connectivity index (χ1) is 13.7. The molecule has 2 heterocycles. The third-order valence-corrected chi connectivity index (χ3v) is 8.19. The third kappa shape index (κ3) is 5.13. The predicted molar refractivity (Wildman–Crippen MR) is 115 cm³/mol. The highest BCUT2D eigenvalue weighted by atomic mass is 32.2. The molecule has 2 aliphatic heterocycles. The summed E-state index contributed by atoms with van der Waals surface area (Å²) in [4.78, 5) is 27.4. The van der Waals surface area contributed by atoms with Crippen LogP contribution in [0.15, 0.2) is 28.0 Å². The summed E-state index contributed by atoms with van der Waals surface area (Å²) in [7, 11) is -3.63. The predicted octanol–water partition coefficient (Wildman–Crippen LogP) is 2.46. The maximum atomic E-state index is 13.2. The molecule has 1 N–H and O–H groups in total. The van der Waals surface area contributed by atoms with Gasteiger partial charge in [-0.1, -0.05) is 6.92 Å². The van der Waals surface area contributed by atoms with Crippen LogP contribution in [0.25, 0.3) is 0 Å². The van der Waals surface area contributed by atoms with Crippen molar-refractivity contribution >= 4 is 39.3 Å². The van der Waals surface area contributed by atoms with Crippen molar-refractivity contribution in [1.82, 2.24) is 9.62 Å². The molecule has 0 aromatic heterocycles. The first-order valence-electron chi connectivity index (χ1n) is 10.0. The molecule has 0 saturated carbocycles. The van der Waals surface area contributed by atoms with Crippen LogP contribution in [-0.4, -0.2) is 56.0 Å². The number of hydrogen-bond donors (Lipinski definition) is 1. The van der Waals surface area contributed by atoms with E-state index in [1.807, 2.05) is 13.8 Å². The van der Waals surface area contributed by atoms with Gasteiger partial charge in [-0.05, 0) is 50.8 Å². The molecule has 0 spiro atoms. The van der Waals surface area contributed by atoms with Gasteiger partial charge in [-0.3, -0.25) is 9.59 Å². The number of amides is 2. The molecule has 1 aromatic rings. The number of hydrogen-bond acceptors (Lipinski definition) is 5. The summed E-state index contributed by atoms with van der Waals surface area (Å²) in [6, 6.07) is 4.89. The second-order valence-electron chi connectivity index (χ2n) is 8.02. The first-order valence-corrected chi connectivity index (χ1v) is 12.5. The van der Waals surface area contributed by atoms with E-state index in [0.717, 1.165) is 17.7 Å². The number of nitrogens with one attached hydrogen (secondary N) is 1. The highest BCUT2D eigenvalue weighted by molar-refractivity contribution is 7.99. The van der Waals surface area contributed by atoms with E-state index < -0.39 is 10.0 Å². The molecule has 2 aliphatic rings. The van der Waals surface area contributed by atoms with Crippen molar-refractivity contribution in [2.24, 2.45) is 5.92 Å². The Balaban J connectivity index is 1.93. The molecular weight excluding hydrogens is 410 g/mol. The van der Waals surface area contributed by atoms with Gasteiger partial charge in [0.05, 0.1) is 10.6 Å². The monoisotopic (exact) mass is 439 g/mol. The maximum absolute atomic E-state index is 13.2. The van der Waals surface area contributed by atoms with Crippen LogP contribution in [0.2, 0.25) is 0 Å². The number of carbonyl (C=O) groups excluding carboxylic acids is 2. The van der Waals surface area contributed by atoms with Crippen molar-refractivity contribution in [3.8, 4) is 0 Å². The van der Waals surface area contributed by atoms with Gasteiger partial charge in [-0.2, -0.15) is 4.31 Å². The van der Waals surface area contributed by atoms with E-state index in [1.165, 1.54) is 21.0 Å². The summed E-state index contributed by atoms with van der Waals surface area (Å²) in [5.74, 6) is 0.697. The average Bonchev–Trinajstić information content (AvgIpc) is 2.80. The summed E-state index contributed by atoms with van der Waals surface area (Å²) in [5, 5.41) is 2.80. The third-order valence-electron chi connectivity index (χ3n) is 5.23. The summed E-state index contributed by atoms with van der Waals surface area (Å²) >= 11 is 1.51. The van der Waals surface area contributed by atoms with Gasteiger partial charge < -0.3 is 10.2 Å². The molecule has 2 amide bonds. The minimum atomic E-state index is -3.63. The van der Waals surface area contributed by atoms with Gasteiger partial charge in [0.15, 0.2) is 0 Å². The number of piperidine rings is 1. The number of nitrogens with zero attached hydrogens (tertiary/aromatic N) is 2. The van der Waals surface area contributed by atoms with Gasteiger partial charge >= 0.3 is 0 Å². The Morgan fingerprint density at radius 3 is 2.62 bits per heavy atom. The lowest BCUT2D eigenvalue weighted by Gasteiger charge is -2.30. The summed E-state index contributed by atoms with van der Waals surface area (Å²) in [5.41, 5.74) is 0.503. The Morgan fingerprint density at radius 2 is 1.97 bits per heavy atom. The molecular formula is C20H29N3O4S2.